The van der Waals surface area contributed by atoms with E-state index in [2.05, 4.69) is 21.9 Å². The normalized spacial score (nSPS) is 14.2. The van der Waals surface area contributed by atoms with Crippen LogP contribution in [0.2, 0.25) is 0 Å². The molecule has 5 N–H and O–H groups in total. The Labute approximate surface area is 77.9 Å². The summed E-state index contributed by atoms with van der Waals surface area (Å²) in [6, 6.07) is 0. The summed E-state index contributed by atoms with van der Waals surface area (Å²) in [6.45, 7) is 5.20. The Kier molecular flexibility index (Phi) is 5.02. The van der Waals surface area contributed by atoms with E-state index < -0.39 is 0 Å². The maximum atomic E-state index is 5.52. The number of nitrogens with two attached hydrogens (primary N) is 2. The molecule has 5 heteroatoms. The number of amidine groups is 1. The molecule has 0 aromatic rings. The van der Waals surface area contributed by atoms with Crippen molar-refractivity contribution in [3.63, 3.8) is 0 Å². The molecule has 0 radical (unpaired) electrons. The lowest BCUT2D eigenvalue weighted by atomic mass is 10.4. The minimum Gasteiger partial charge on any atom is -0.402 e. The molecule has 0 fully saturated rings. The maximum Gasteiger partial charge on any atom is 0.223 e. The van der Waals surface area contributed by atoms with E-state index in [4.69, 9.17) is 11.5 Å². The highest BCUT2D eigenvalue weighted by atomic mass is 15.1. The molecule has 0 aliphatic rings. The van der Waals surface area contributed by atoms with E-state index in [0.717, 1.165) is 0 Å². The number of aliphatic imine (C=N–C) groups is 2. The van der Waals surface area contributed by atoms with Crippen LogP contribution in [0, 0.1) is 0 Å². The second-order valence-corrected chi connectivity index (χ2v) is 2.32. The van der Waals surface area contributed by atoms with Crippen LogP contribution in [-0.4, -0.2) is 18.8 Å². The van der Waals surface area contributed by atoms with Crippen molar-refractivity contribution in [1.82, 2.24) is 5.32 Å². The Balaban J connectivity index is 4.52. The fraction of sp³-hybridized carbons (Fsp3) is 0.250. The summed E-state index contributed by atoms with van der Waals surface area (Å²) in [6.07, 6.45) is 3.02. The summed E-state index contributed by atoms with van der Waals surface area (Å²) in [5.74, 6) is 0.694. The van der Waals surface area contributed by atoms with Crippen LogP contribution in [0.5, 0.6) is 0 Å². The summed E-state index contributed by atoms with van der Waals surface area (Å²) >= 11 is 0. The van der Waals surface area contributed by atoms with Gasteiger partial charge in [0.25, 0.3) is 0 Å². The predicted molar refractivity (Wildman–Crippen MR) is 56.3 cm³/mol. The van der Waals surface area contributed by atoms with Crippen molar-refractivity contribution >= 4 is 11.8 Å². The van der Waals surface area contributed by atoms with Gasteiger partial charge >= 0.3 is 0 Å². The molecule has 0 heterocycles. The molecular formula is C8H15N5. The van der Waals surface area contributed by atoms with Crippen LogP contribution in [0.25, 0.3) is 0 Å². The SMILES string of the molecule is C=CNC(N=C(N)/C=C(/C)N)=NC. The lowest BCUT2D eigenvalue weighted by molar-refractivity contribution is 1.19. The van der Waals surface area contributed by atoms with E-state index in [1.807, 2.05) is 0 Å². The van der Waals surface area contributed by atoms with Gasteiger partial charge in [-0.25, -0.2) is 0 Å². The molecule has 0 saturated carbocycles. The van der Waals surface area contributed by atoms with Gasteiger partial charge in [0.1, 0.15) is 5.84 Å². The Morgan fingerprint density at radius 1 is 1.46 bits per heavy atom. The molecular weight excluding hydrogens is 166 g/mol. The number of nitrogens with one attached hydrogen (secondary N) is 1. The molecule has 0 aromatic carbocycles. The van der Waals surface area contributed by atoms with Gasteiger partial charge in [0.2, 0.25) is 5.96 Å². The van der Waals surface area contributed by atoms with E-state index in [1.54, 1.807) is 20.0 Å². The molecule has 0 amide bonds. The number of guanidine groups is 1. The van der Waals surface area contributed by atoms with E-state index in [1.165, 1.54) is 6.20 Å². The Morgan fingerprint density at radius 3 is 2.46 bits per heavy atom. The molecule has 72 valence electrons. The van der Waals surface area contributed by atoms with Gasteiger partial charge in [0.05, 0.1) is 0 Å². The Morgan fingerprint density at radius 2 is 2.08 bits per heavy atom. The number of rotatable bonds is 2. The zero-order chi connectivity index (χ0) is 10.3. The van der Waals surface area contributed by atoms with E-state index >= 15 is 0 Å². The van der Waals surface area contributed by atoms with Gasteiger partial charge in [0.15, 0.2) is 0 Å². The monoisotopic (exact) mass is 181 g/mol. The first kappa shape index (κ1) is 11.2. The fourth-order valence-electron chi connectivity index (χ4n) is 0.626. The van der Waals surface area contributed by atoms with Crippen molar-refractivity contribution in [2.24, 2.45) is 21.5 Å². The lowest BCUT2D eigenvalue weighted by Gasteiger charge is -1.98. The molecule has 13 heavy (non-hydrogen) atoms. The highest BCUT2D eigenvalue weighted by Gasteiger charge is 1.92. The largest absolute Gasteiger partial charge is 0.402 e. The zero-order valence-electron chi connectivity index (χ0n) is 7.91. The van der Waals surface area contributed by atoms with Crippen molar-refractivity contribution in [2.75, 3.05) is 7.05 Å². The van der Waals surface area contributed by atoms with Gasteiger partial charge in [-0.3, -0.25) is 4.99 Å². The number of hydrogen-bond donors (Lipinski definition) is 3. The molecule has 0 saturated heterocycles. The van der Waals surface area contributed by atoms with Crippen molar-refractivity contribution in [3.05, 3.63) is 24.6 Å². The first-order chi connectivity index (χ1) is 6.10. The molecule has 0 aliphatic heterocycles. The molecule has 0 spiro atoms. The van der Waals surface area contributed by atoms with E-state index in [-0.39, 0.29) is 0 Å². The summed E-state index contributed by atoms with van der Waals surface area (Å²) < 4.78 is 0. The first-order valence-corrected chi connectivity index (χ1v) is 3.72. The number of allylic oxidation sites excluding steroid dienone is 1. The highest BCUT2D eigenvalue weighted by molar-refractivity contribution is 6.01. The summed E-state index contributed by atoms with van der Waals surface area (Å²) in [7, 11) is 1.60. The van der Waals surface area contributed by atoms with Crippen molar-refractivity contribution in [1.29, 1.82) is 0 Å². The standard InChI is InChI=1S/C8H15N5/c1-4-12-8(11-3)13-7(10)5-6(2)9/h4-5H,1,9H2,2-3H3,(H3,10,11,12,13)/b6-5-. The summed E-state index contributed by atoms with van der Waals surface area (Å²) in [4.78, 5) is 7.75. The van der Waals surface area contributed by atoms with Gasteiger partial charge in [-0.15, -0.1) is 0 Å². The lowest BCUT2D eigenvalue weighted by Crippen LogP contribution is -2.20. The van der Waals surface area contributed by atoms with Gasteiger partial charge in [-0.05, 0) is 19.2 Å². The average Bonchev–Trinajstić information content (AvgIpc) is 2.02. The van der Waals surface area contributed by atoms with Crippen molar-refractivity contribution in [2.45, 2.75) is 6.92 Å². The molecule has 5 nitrogen and oxygen atoms in total. The first-order valence-electron chi connectivity index (χ1n) is 3.72. The second kappa shape index (κ2) is 5.82. The van der Waals surface area contributed by atoms with Crippen LogP contribution in [0.1, 0.15) is 6.92 Å². The third-order valence-electron chi connectivity index (χ3n) is 1.05. The van der Waals surface area contributed by atoms with Crippen LogP contribution in [0.3, 0.4) is 0 Å². The van der Waals surface area contributed by atoms with E-state index in [0.29, 0.717) is 17.5 Å². The molecule has 0 unspecified atom stereocenters. The topological polar surface area (TPSA) is 88.8 Å². The second-order valence-electron chi connectivity index (χ2n) is 2.32. The van der Waals surface area contributed by atoms with Crippen LogP contribution in [0.4, 0.5) is 0 Å². The van der Waals surface area contributed by atoms with Crippen molar-refractivity contribution in [3.8, 4) is 0 Å². The van der Waals surface area contributed by atoms with Gasteiger partial charge < -0.3 is 16.8 Å². The predicted octanol–water partition coefficient (Wildman–Crippen LogP) is -0.0750. The maximum absolute atomic E-state index is 5.52. The minimum absolute atomic E-state index is 0.301. The third-order valence-corrected chi connectivity index (χ3v) is 1.05. The van der Waals surface area contributed by atoms with Crippen LogP contribution in [-0.2, 0) is 0 Å². The summed E-state index contributed by atoms with van der Waals surface area (Å²) in [5, 5.41) is 2.71. The fourth-order valence-corrected chi connectivity index (χ4v) is 0.626. The molecule has 0 bridgehead atoms. The van der Waals surface area contributed by atoms with Gasteiger partial charge in [-0.1, -0.05) is 6.58 Å². The van der Waals surface area contributed by atoms with Crippen LogP contribution >= 0.6 is 0 Å². The average molecular weight is 181 g/mol. The van der Waals surface area contributed by atoms with Gasteiger partial charge in [-0.2, -0.15) is 4.99 Å². The molecule has 0 atom stereocenters. The zero-order valence-corrected chi connectivity index (χ0v) is 7.91. The number of hydrogen-bond acceptors (Lipinski definition) is 2. The minimum atomic E-state index is 0.301. The smallest absolute Gasteiger partial charge is 0.223 e. The van der Waals surface area contributed by atoms with Crippen molar-refractivity contribution < 1.29 is 0 Å². The van der Waals surface area contributed by atoms with E-state index in [9.17, 15) is 0 Å². The Hall–Kier alpha value is -1.78. The molecule has 0 aromatic heterocycles. The van der Waals surface area contributed by atoms with Crippen LogP contribution in [0.15, 0.2) is 34.5 Å². The Bertz CT molecular complexity index is 258. The number of nitrogens with zero attached hydrogens (tertiary/aromatic N) is 2. The highest BCUT2D eigenvalue weighted by Crippen LogP contribution is 1.82. The third kappa shape index (κ3) is 5.49. The molecule has 0 rings (SSSR count). The van der Waals surface area contributed by atoms with Crippen LogP contribution < -0.4 is 16.8 Å². The molecule has 0 aliphatic carbocycles. The summed E-state index contributed by atoms with van der Waals surface area (Å²) in [5.41, 5.74) is 11.5. The quantitative estimate of drug-likeness (QED) is 0.411. The van der Waals surface area contributed by atoms with Gasteiger partial charge in [0, 0.05) is 12.7 Å².